The zero-order valence-electron chi connectivity index (χ0n) is 15.5. The molecule has 0 saturated carbocycles. The first-order chi connectivity index (χ1) is 12.1. The first kappa shape index (κ1) is 18.6. The van der Waals surface area contributed by atoms with E-state index >= 15 is 0 Å². The fraction of sp³-hybridized carbons (Fsp3) is 0.444. The van der Waals surface area contributed by atoms with E-state index in [4.69, 9.17) is 14.2 Å². The molecule has 1 aromatic carbocycles. The van der Waals surface area contributed by atoms with Gasteiger partial charge in [0.2, 0.25) is 11.7 Å². The molecule has 1 aromatic heterocycles. The van der Waals surface area contributed by atoms with Crippen molar-refractivity contribution in [1.29, 1.82) is 0 Å². The van der Waals surface area contributed by atoms with Gasteiger partial charge in [-0.15, -0.1) is 0 Å². The van der Waals surface area contributed by atoms with Crippen molar-refractivity contribution in [1.82, 2.24) is 9.97 Å². The van der Waals surface area contributed by atoms with Crippen molar-refractivity contribution in [3.05, 3.63) is 24.4 Å². The molecule has 0 saturated heterocycles. The van der Waals surface area contributed by atoms with Gasteiger partial charge in [-0.2, -0.15) is 4.98 Å². The summed E-state index contributed by atoms with van der Waals surface area (Å²) in [5, 5.41) is 3.26. The number of unbranched alkanes of at least 4 members (excludes halogenated alkanes) is 1. The summed E-state index contributed by atoms with van der Waals surface area (Å²) in [4.78, 5) is 10.9. The van der Waals surface area contributed by atoms with E-state index < -0.39 is 0 Å². The van der Waals surface area contributed by atoms with Crippen LogP contribution in [0.3, 0.4) is 0 Å². The number of anilines is 3. The number of aromatic nitrogens is 2. The smallest absolute Gasteiger partial charge is 0.227 e. The lowest BCUT2D eigenvalue weighted by molar-refractivity contribution is 0.324. The van der Waals surface area contributed by atoms with Gasteiger partial charge in [-0.3, -0.25) is 0 Å². The number of hydrogen-bond acceptors (Lipinski definition) is 7. The van der Waals surface area contributed by atoms with Crippen molar-refractivity contribution in [2.24, 2.45) is 0 Å². The van der Waals surface area contributed by atoms with E-state index in [0.29, 0.717) is 29.0 Å². The third-order valence-electron chi connectivity index (χ3n) is 3.77. The molecule has 0 bridgehead atoms. The van der Waals surface area contributed by atoms with Crippen LogP contribution in [0.2, 0.25) is 0 Å². The van der Waals surface area contributed by atoms with Gasteiger partial charge in [0, 0.05) is 37.6 Å². The molecule has 0 atom stereocenters. The number of nitrogens with one attached hydrogen (secondary N) is 1. The SMILES string of the molecule is CCCCN(C)c1nccc(Nc2cc(OC)c(OC)c(OC)c2)n1. The van der Waals surface area contributed by atoms with Gasteiger partial charge in [-0.05, 0) is 12.5 Å². The molecule has 136 valence electrons. The van der Waals surface area contributed by atoms with Gasteiger partial charge in [0.25, 0.3) is 0 Å². The monoisotopic (exact) mass is 346 g/mol. The van der Waals surface area contributed by atoms with E-state index in [0.717, 1.165) is 25.1 Å². The Morgan fingerprint density at radius 3 is 2.32 bits per heavy atom. The van der Waals surface area contributed by atoms with E-state index in [9.17, 15) is 0 Å². The molecule has 0 aliphatic heterocycles. The zero-order valence-corrected chi connectivity index (χ0v) is 15.5. The average Bonchev–Trinajstić information content (AvgIpc) is 2.65. The van der Waals surface area contributed by atoms with Crippen LogP contribution in [0.1, 0.15) is 19.8 Å². The summed E-state index contributed by atoms with van der Waals surface area (Å²) >= 11 is 0. The van der Waals surface area contributed by atoms with Crippen LogP contribution in [0.4, 0.5) is 17.5 Å². The maximum Gasteiger partial charge on any atom is 0.227 e. The second kappa shape index (κ2) is 8.96. The lowest BCUT2D eigenvalue weighted by Crippen LogP contribution is -2.21. The number of nitrogens with zero attached hydrogens (tertiary/aromatic N) is 3. The summed E-state index contributed by atoms with van der Waals surface area (Å²) in [5.74, 6) is 3.10. The molecule has 0 spiro atoms. The Morgan fingerprint density at radius 2 is 1.76 bits per heavy atom. The Kier molecular flexibility index (Phi) is 6.68. The highest BCUT2D eigenvalue weighted by Gasteiger charge is 2.14. The maximum atomic E-state index is 5.38. The van der Waals surface area contributed by atoms with Crippen LogP contribution in [0.15, 0.2) is 24.4 Å². The van der Waals surface area contributed by atoms with Gasteiger partial charge in [0.05, 0.1) is 21.3 Å². The summed E-state index contributed by atoms with van der Waals surface area (Å²) < 4.78 is 16.1. The molecular weight excluding hydrogens is 320 g/mol. The number of methoxy groups -OCH3 is 3. The molecule has 7 heteroatoms. The molecule has 0 aliphatic rings. The molecule has 25 heavy (non-hydrogen) atoms. The van der Waals surface area contributed by atoms with Crippen molar-refractivity contribution in [2.75, 3.05) is 45.1 Å². The highest BCUT2D eigenvalue weighted by Crippen LogP contribution is 2.40. The summed E-state index contributed by atoms with van der Waals surface area (Å²) in [6.45, 7) is 3.08. The van der Waals surface area contributed by atoms with E-state index in [-0.39, 0.29) is 0 Å². The molecule has 1 heterocycles. The van der Waals surface area contributed by atoms with Crippen molar-refractivity contribution in [3.8, 4) is 17.2 Å². The zero-order chi connectivity index (χ0) is 18.2. The highest BCUT2D eigenvalue weighted by atomic mass is 16.5. The average molecular weight is 346 g/mol. The van der Waals surface area contributed by atoms with E-state index in [2.05, 4.69) is 22.2 Å². The number of ether oxygens (including phenoxy) is 3. The van der Waals surface area contributed by atoms with Gasteiger partial charge in [0.15, 0.2) is 11.5 Å². The van der Waals surface area contributed by atoms with Crippen LogP contribution in [-0.2, 0) is 0 Å². The van der Waals surface area contributed by atoms with Crippen molar-refractivity contribution >= 4 is 17.5 Å². The van der Waals surface area contributed by atoms with Crippen molar-refractivity contribution in [3.63, 3.8) is 0 Å². The van der Waals surface area contributed by atoms with Gasteiger partial charge >= 0.3 is 0 Å². The van der Waals surface area contributed by atoms with Gasteiger partial charge in [-0.1, -0.05) is 13.3 Å². The topological polar surface area (TPSA) is 68.7 Å². The fourth-order valence-electron chi connectivity index (χ4n) is 2.40. The Hall–Kier alpha value is -2.70. The quantitative estimate of drug-likeness (QED) is 0.745. The van der Waals surface area contributed by atoms with Crippen LogP contribution in [0.25, 0.3) is 0 Å². The van der Waals surface area contributed by atoms with E-state index in [1.165, 1.54) is 0 Å². The normalized spacial score (nSPS) is 10.3. The third-order valence-corrected chi connectivity index (χ3v) is 3.77. The fourth-order valence-corrected chi connectivity index (χ4v) is 2.40. The molecule has 2 aromatic rings. The minimum Gasteiger partial charge on any atom is -0.493 e. The van der Waals surface area contributed by atoms with Gasteiger partial charge < -0.3 is 24.4 Å². The highest BCUT2D eigenvalue weighted by molar-refractivity contribution is 5.66. The lowest BCUT2D eigenvalue weighted by atomic mass is 10.2. The number of rotatable bonds is 9. The molecule has 0 radical (unpaired) electrons. The standard InChI is InChI=1S/C18H26N4O3/c1-6-7-10-22(2)18-19-9-8-16(21-18)20-13-11-14(23-3)17(25-5)15(12-13)24-4/h8-9,11-12H,6-7,10H2,1-5H3,(H,19,20,21). The van der Waals surface area contributed by atoms with Crippen molar-refractivity contribution < 1.29 is 14.2 Å². The molecule has 7 nitrogen and oxygen atoms in total. The molecule has 0 aliphatic carbocycles. The molecule has 0 unspecified atom stereocenters. The molecule has 0 fully saturated rings. The first-order valence-electron chi connectivity index (χ1n) is 8.24. The summed E-state index contributed by atoms with van der Waals surface area (Å²) in [6.07, 6.45) is 3.98. The van der Waals surface area contributed by atoms with Crippen LogP contribution in [-0.4, -0.2) is 44.9 Å². The Bertz CT molecular complexity index is 669. The predicted octanol–water partition coefficient (Wildman–Crippen LogP) is 3.48. The lowest BCUT2D eigenvalue weighted by Gasteiger charge is -2.18. The van der Waals surface area contributed by atoms with Crippen molar-refractivity contribution in [2.45, 2.75) is 19.8 Å². The van der Waals surface area contributed by atoms with E-state index in [1.54, 1.807) is 27.5 Å². The molecule has 0 amide bonds. The Morgan fingerprint density at radius 1 is 1.08 bits per heavy atom. The maximum absolute atomic E-state index is 5.38. The van der Waals surface area contributed by atoms with Gasteiger partial charge in [-0.25, -0.2) is 4.98 Å². The number of hydrogen-bond donors (Lipinski definition) is 1. The summed E-state index contributed by atoms with van der Waals surface area (Å²) in [6, 6.07) is 5.49. The first-order valence-corrected chi connectivity index (χ1v) is 8.24. The second-order valence-electron chi connectivity index (χ2n) is 5.56. The predicted molar refractivity (Wildman–Crippen MR) is 99.6 cm³/mol. The van der Waals surface area contributed by atoms with Gasteiger partial charge in [0.1, 0.15) is 5.82 Å². The summed E-state index contributed by atoms with van der Waals surface area (Å²) in [7, 11) is 6.75. The third kappa shape index (κ3) is 4.65. The number of benzene rings is 1. The molecule has 2 rings (SSSR count). The summed E-state index contributed by atoms with van der Waals surface area (Å²) in [5.41, 5.74) is 0.787. The second-order valence-corrected chi connectivity index (χ2v) is 5.56. The van der Waals surface area contributed by atoms with Crippen LogP contribution in [0.5, 0.6) is 17.2 Å². The Balaban J connectivity index is 2.24. The minimum absolute atomic E-state index is 0.554. The largest absolute Gasteiger partial charge is 0.493 e. The van der Waals surface area contributed by atoms with Crippen LogP contribution < -0.4 is 24.4 Å². The molecular formula is C18H26N4O3. The van der Waals surface area contributed by atoms with E-state index in [1.807, 2.05) is 30.1 Å². The van der Waals surface area contributed by atoms with Crippen LogP contribution >= 0.6 is 0 Å². The molecule has 1 N–H and O–H groups in total. The minimum atomic E-state index is 0.554. The Labute approximate surface area is 148 Å². The van der Waals surface area contributed by atoms with Crippen LogP contribution in [0, 0.1) is 0 Å².